The number of nitrogens with zero attached hydrogens (tertiary/aromatic N) is 6. The molecule has 0 radical (unpaired) electrons. The maximum Gasteiger partial charge on any atom is 0.258 e. The van der Waals surface area contributed by atoms with Gasteiger partial charge in [-0.1, -0.05) is 24.3 Å². The second-order valence-electron chi connectivity index (χ2n) is 12.4. The molecule has 12 heteroatoms. The topological polar surface area (TPSA) is 120 Å². The van der Waals surface area contributed by atoms with E-state index in [-0.39, 0.29) is 5.91 Å². The lowest BCUT2D eigenvalue weighted by molar-refractivity contribution is 0.0988. The fourth-order valence-corrected chi connectivity index (χ4v) is 6.32. The third-order valence-electron chi connectivity index (χ3n) is 9.07. The molecule has 2 aliphatic rings. The lowest BCUT2D eigenvalue weighted by Gasteiger charge is -2.30. The molecule has 0 aliphatic carbocycles. The van der Waals surface area contributed by atoms with Crippen LogP contribution in [0.25, 0.3) is 0 Å². The van der Waals surface area contributed by atoms with E-state index in [1.807, 2.05) is 68.4 Å². The quantitative estimate of drug-likeness (QED) is 0.189. The number of hydrogen-bond donors (Lipinski definition) is 3. The van der Waals surface area contributed by atoms with Gasteiger partial charge in [0, 0.05) is 76.7 Å². The molecule has 1 amide bonds. The van der Waals surface area contributed by atoms with Crippen LogP contribution in [0.3, 0.4) is 0 Å². The zero-order valence-electron chi connectivity index (χ0n) is 29.0. The van der Waals surface area contributed by atoms with Gasteiger partial charge in [0.05, 0.1) is 14.2 Å². The first kappa shape index (κ1) is 33.9. The second kappa shape index (κ2) is 16.0. The van der Waals surface area contributed by atoms with Gasteiger partial charge in [-0.05, 0) is 78.9 Å². The highest BCUT2D eigenvalue weighted by molar-refractivity contribution is 6.06. The van der Waals surface area contributed by atoms with E-state index in [0.717, 1.165) is 80.4 Å². The number of methoxy groups -OCH3 is 2. The molecule has 2 aliphatic heterocycles. The Labute approximate surface area is 288 Å². The number of nitrogens with one attached hydrogen (secondary N) is 3. The Hall–Kier alpha value is -4.94. The average Bonchev–Trinajstić information content (AvgIpc) is 3.14. The smallest absolute Gasteiger partial charge is 0.258 e. The molecular formula is C37H47N9O3. The summed E-state index contributed by atoms with van der Waals surface area (Å²) in [5.74, 6) is 3.07. The number of carbonyl (C=O) groups excluding carboxylic acids is 1. The Morgan fingerprint density at radius 3 is 2.31 bits per heavy atom. The predicted molar refractivity (Wildman–Crippen MR) is 194 cm³/mol. The molecule has 3 N–H and O–H groups in total. The number of piperazine rings is 1. The molecule has 0 saturated carbocycles. The molecule has 12 nitrogen and oxygen atoms in total. The minimum Gasteiger partial charge on any atom is -0.493 e. The normalized spacial score (nSPS) is 14.6. The molecular weight excluding hydrogens is 618 g/mol. The van der Waals surface area contributed by atoms with Crippen LogP contribution >= 0.6 is 0 Å². The van der Waals surface area contributed by atoms with Gasteiger partial charge in [-0.15, -0.1) is 0 Å². The summed E-state index contributed by atoms with van der Waals surface area (Å²) >= 11 is 0. The Balaban J connectivity index is 1.17. The molecule has 4 aromatic rings. The molecule has 49 heavy (non-hydrogen) atoms. The first-order chi connectivity index (χ1) is 23.9. The van der Waals surface area contributed by atoms with Crippen LogP contribution in [0.1, 0.15) is 39.5 Å². The molecule has 0 unspecified atom stereocenters. The summed E-state index contributed by atoms with van der Waals surface area (Å²) in [6.45, 7) is 12.2. The number of rotatable bonds is 13. The van der Waals surface area contributed by atoms with E-state index in [2.05, 4.69) is 31.8 Å². The molecule has 258 valence electrons. The van der Waals surface area contributed by atoms with Gasteiger partial charge in [-0.2, -0.15) is 15.0 Å². The summed E-state index contributed by atoms with van der Waals surface area (Å²) in [4.78, 5) is 34.3. The minimum absolute atomic E-state index is 0.0228. The monoisotopic (exact) mass is 665 g/mol. The zero-order valence-corrected chi connectivity index (χ0v) is 29.0. The van der Waals surface area contributed by atoms with Crippen molar-refractivity contribution in [1.29, 1.82) is 0 Å². The molecule has 3 heterocycles. The van der Waals surface area contributed by atoms with Crippen LogP contribution in [0, 0.1) is 6.92 Å². The van der Waals surface area contributed by atoms with E-state index in [4.69, 9.17) is 24.4 Å². The minimum atomic E-state index is -0.0228. The van der Waals surface area contributed by atoms with Crippen molar-refractivity contribution in [2.45, 2.75) is 33.4 Å². The van der Waals surface area contributed by atoms with Gasteiger partial charge >= 0.3 is 0 Å². The number of carbonyl (C=O) groups is 1. The Bertz CT molecular complexity index is 1730. The van der Waals surface area contributed by atoms with Crippen LogP contribution in [-0.2, 0) is 19.5 Å². The van der Waals surface area contributed by atoms with Gasteiger partial charge in [0.1, 0.15) is 0 Å². The van der Waals surface area contributed by atoms with Gasteiger partial charge < -0.3 is 35.2 Å². The Kier molecular flexibility index (Phi) is 11.1. The average molecular weight is 666 g/mol. The van der Waals surface area contributed by atoms with Crippen LogP contribution in [0.2, 0.25) is 0 Å². The van der Waals surface area contributed by atoms with Crippen molar-refractivity contribution in [2.75, 3.05) is 87.0 Å². The van der Waals surface area contributed by atoms with Gasteiger partial charge in [-0.25, -0.2) is 0 Å². The van der Waals surface area contributed by atoms with Crippen molar-refractivity contribution in [3.8, 4) is 11.5 Å². The molecule has 1 aromatic heterocycles. The highest BCUT2D eigenvalue weighted by atomic mass is 16.5. The Morgan fingerprint density at radius 1 is 0.898 bits per heavy atom. The maximum absolute atomic E-state index is 13.4. The highest BCUT2D eigenvalue weighted by Gasteiger charge is 2.23. The van der Waals surface area contributed by atoms with Gasteiger partial charge in [0.15, 0.2) is 11.5 Å². The Morgan fingerprint density at radius 2 is 1.61 bits per heavy atom. The largest absolute Gasteiger partial charge is 0.493 e. The van der Waals surface area contributed by atoms with E-state index >= 15 is 0 Å². The summed E-state index contributed by atoms with van der Waals surface area (Å²) < 4.78 is 11.1. The third kappa shape index (κ3) is 8.38. The number of aryl methyl sites for hydroxylation is 1. The SMILES string of the molecule is CCN(C(=O)c1ccc(CNc2nc(NCCN3CCNCC3)nc(N3CCc4cc(OC)c(OC)cc4C3)n2)cc1)c1cccc(C)c1. The molecule has 1 saturated heterocycles. The molecule has 0 bridgehead atoms. The number of fused-ring (bicyclic) bond motifs is 1. The van der Waals surface area contributed by atoms with Gasteiger partial charge in [-0.3, -0.25) is 9.69 Å². The number of anilines is 4. The van der Waals surface area contributed by atoms with Crippen molar-refractivity contribution in [2.24, 2.45) is 0 Å². The summed E-state index contributed by atoms with van der Waals surface area (Å²) in [7, 11) is 3.32. The number of benzene rings is 3. The lowest BCUT2D eigenvalue weighted by Crippen LogP contribution is -2.45. The number of hydrogen-bond acceptors (Lipinski definition) is 11. The first-order valence-electron chi connectivity index (χ1n) is 17.1. The van der Waals surface area contributed by atoms with Gasteiger partial charge in [0.25, 0.3) is 5.91 Å². The first-order valence-corrected chi connectivity index (χ1v) is 17.1. The molecule has 3 aromatic carbocycles. The standard InChI is InChI=1S/C37H47N9O3/c1-5-46(31-8-6-7-26(2)21-31)34(47)28-11-9-27(10-12-28)24-40-36-41-35(39-16-20-44-18-14-38-15-19-44)42-37(43-36)45-17-13-29-22-32(48-3)33(49-4)23-30(29)25-45/h6-12,21-23,38H,5,13-20,24-25H2,1-4H3,(H2,39,40,41,42,43). The third-order valence-corrected chi connectivity index (χ3v) is 9.07. The van der Waals surface area contributed by atoms with E-state index < -0.39 is 0 Å². The van der Waals surface area contributed by atoms with E-state index in [1.165, 1.54) is 5.56 Å². The highest BCUT2D eigenvalue weighted by Crippen LogP contribution is 2.34. The number of aromatic nitrogens is 3. The van der Waals surface area contributed by atoms with Gasteiger partial charge in [0.2, 0.25) is 17.8 Å². The second-order valence-corrected chi connectivity index (χ2v) is 12.4. The van der Waals surface area contributed by atoms with E-state index in [9.17, 15) is 4.79 Å². The molecule has 6 rings (SSSR count). The maximum atomic E-state index is 13.4. The van der Waals surface area contributed by atoms with Crippen LogP contribution in [-0.4, -0.2) is 92.3 Å². The van der Waals surface area contributed by atoms with Crippen molar-refractivity contribution in [3.63, 3.8) is 0 Å². The summed E-state index contributed by atoms with van der Waals surface area (Å²) in [6.07, 6.45) is 0.834. The van der Waals surface area contributed by atoms with E-state index in [1.54, 1.807) is 19.1 Å². The fourth-order valence-electron chi connectivity index (χ4n) is 6.32. The molecule has 0 spiro atoms. The van der Waals surface area contributed by atoms with Crippen LogP contribution in [0.4, 0.5) is 23.5 Å². The predicted octanol–water partition coefficient (Wildman–Crippen LogP) is 4.36. The van der Waals surface area contributed by atoms with Crippen LogP contribution < -0.4 is 35.2 Å². The van der Waals surface area contributed by atoms with Crippen molar-refractivity contribution < 1.29 is 14.3 Å². The number of amides is 1. The van der Waals surface area contributed by atoms with Crippen molar-refractivity contribution in [3.05, 3.63) is 88.5 Å². The van der Waals surface area contributed by atoms with Crippen molar-refractivity contribution >= 4 is 29.4 Å². The van der Waals surface area contributed by atoms with Crippen molar-refractivity contribution in [1.82, 2.24) is 25.2 Å². The summed E-state index contributed by atoms with van der Waals surface area (Å²) in [5, 5.41) is 10.3. The van der Waals surface area contributed by atoms with Crippen LogP contribution in [0.15, 0.2) is 60.7 Å². The molecule has 0 atom stereocenters. The molecule has 1 fully saturated rings. The summed E-state index contributed by atoms with van der Waals surface area (Å²) in [5.41, 5.74) is 6.07. The lowest BCUT2D eigenvalue weighted by atomic mass is 9.99. The zero-order chi connectivity index (χ0) is 34.2. The van der Waals surface area contributed by atoms with Crippen LogP contribution in [0.5, 0.6) is 11.5 Å². The summed E-state index contributed by atoms with van der Waals surface area (Å²) in [6, 6.07) is 19.8. The van der Waals surface area contributed by atoms with E-state index in [0.29, 0.717) is 48.8 Å². The number of ether oxygens (including phenoxy) is 2. The fraction of sp³-hybridized carbons (Fsp3) is 0.405.